The maximum atomic E-state index is 5.94. The molecule has 14 heavy (non-hydrogen) atoms. The first-order chi connectivity index (χ1) is 6.84. The summed E-state index contributed by atoms with van der Waals surface area (Å²) >= 11 is 0. The highest BCUT2D eigenvalue weighted by atomic mass is 14.9. The number of nitrogens with one attached hydrogen (secondary N) is 1. The van der Waals surface area contributed by atoms with Gasteiger partial charge in [-0.3, -0.25) is 0 Å². The minimum Gasteiger partial charge on any atom is -0.328 e. The summed E-state index contributed by atoms with van der Waals surface area (Å²) in [4.78, 5) is 0. The van der Waals surface area contributed by atoms with Crippen LogP contribution in [0.15, 0.2) is 30.3 Å². The van der Waals surface area contributed by atoms with E-state index < -0.39 is 0 Å². The average molecular weight is 190 g/mol. The van der Waals surface area contributed by atoms with Crippen LogP contribution in [0.2, 0.25) is 0 Å². The molecule has 2 rings (SSSR count). The molecule has 1 aliphatic rings. The predicted octanol–water partition coefficient (Wildman–Crippen LogP) is 1.31. The third-order valence-corrected chi connectivity index (χ3v) is 2.86. The second-order valence-corrected chi connectivity index (χ2v) is 4.13. The Bertz CT molecular complexity index is 271. The van der Waals surface area contributed by atoms with Crippen LogP contribution in [0.5, 0.6) is 0 Å². The van der Waals surface area contributed by atoms with Gasteiger partial charge in [-0.05, 0) is 31.4 Å². The number of piperidine rings is 1. The van der Waals surface area contributed by atoms with Gasteiger partial charge in [0.25, 0.3) is 0 Å². The second-order valence-electron chi connectivity index (χ2n) is 4.13. The Hall–Kier alpha value is -0.860. The fourth-order valence-corrected chi connectivity index (χ4v) is 2.09. The third-order valence-electron chi connectivity index (χ3n) is 2.86. The molecular formula is C12H18N2. The minimum absolute atomic E-state index is 0.393. The van der Waals surface area contributed by atoms with Crippen molar-refractivity contribution in [2.45, 2.75) is 31.3 Å². The van der Waals surface area contributed by atoms with Gasteiger partial charge in [0.15, 0.2) is 0 Å². The Labute approximate surface area is 85.5 Å². The highest BCUT2D eigenvalue weighted by Crippen LogP contribution is 2.11. The molecule has 1 heterocycles. The Morgan fingerprint density at radius 1 is 1.29 bits per heavy atom. The van der Waals surface area contributed by atoms with Crippen molar-refractivity contribution in [3.63, 3.8) is 0 Å². The van der Waals surface area contributed by atoms with Crippen LogP contribution < -0.4 is 11.1 Å². The fourth-order valence-electron chi connectivity index (χ4n) is 2.09. The van der Waals surface area contributed by atoms with E-state index in [0.717, 1.165) is 25.8 Å². The Morgan fingerprint density at radius 2 is 2.07 bits per heavy atom. The molecule has 2 nitrogen and oxygen atoms in total. The van der Waals surface area contributed by atoms with Crippen LogP contribution in [0.3, 0.4) is 0 Å². The van der Waals surface area contributed by atoms with E-state index in [4.69, 9.17) is 5.73 Å². The average Bonchev–Trinajstić information content (AvgIpc) is 2.19. The summed E-state index contributed by atoms with van der Waals surface area (Å²) in [6, 6.07) is 11.6. The zero-order chi connectivity index (χ0) is 9.80. The standard InChI is InChI=1S/C12H18N2/c13-11-6-7-14-12(9-11)8-10-4-2-1-3-5-10/h1-5,11-12,14H,6-9,13H2/t11-,12-/m1/s1. The third kappa shape index (κ3) is 2.56. The number of nitrogens with two attached hydrogens (primary N) is 1. The highest BCUT2D eigenvalue weighted by Gasteiger charge is 2.18. The van der Waals surface area contributed by atoms with Crippen LogP contribution in [-0.2, 0) is 6.42 Å². The molecule has 1 aliphatic heterocycles. The highest BCUT2D eigenvalue weighted by molar-refractivity contribution is 5.16. The van der Waals surface area contributed by atoms with Crippen molar-refractivity contribution in [2.75, 3.05) is 6.54 Å². The smallest absolute Gasteiger partial charge is 0.0122 e. The van der Waals surface area contributed by atoms with Crippen LogP contribution in [0.1, 0.15) is 18.4 Å². The van der Waals surface area contributed by atoms with Gasteiger partial charge >= 0.3 is 0 Å². The second kappa shape index (κ2) is 4.58. The molecule has 1 aromatic carbocycles. The molecule has 1 fully saturated rings. The molecule has 0 aliphatic carbocycles. The van der Waals surface area contributed by atoms with E-state index in [-0.39, 0.29) is 0 Å². The summed E-state index contributed by atoms with van der Waals surface area (Å²) < 4.78 is 0. The van der Waals surface area contributed by atoms with Crippen molar-refractivity contribution in [3.05, 3.63) is 35.9 Å². The fraction of sp³-hybridized carbons (Fsp3) is 0.500. The van der Waals surface area contributed by atoms with Crippen LogP contribution in [0.4, 0.5) is 0 Å². The van der Waals surface area contributed by atoms with E-state index in [2.05, 4.69) is 35.6 Å². The topological polar surface area (TPSA) is 38.0 Å². The molecule has 1 saturated heterocycles. The first-order valence-electron chi connectivity index (χ1n) is 5.37. The maximum absolute atomic E-state index is 5.94. The number of hydrogen-bond donors (Lipinski definition) is 2. The Balaban J connectivity index is 1.91. The monoisotopic (exact) mass is 190 g/mol. The first-order valence-corrected chi connectivity index (χ1v) is 5.37. The molecular weight excluding hydrogens is 172 g/mol. The molecule has 0 radical (unpaired) electrons. The molecule has 0 saturated carbocycles. The number of hydrogen-bond acceptors (Lipinski definition) is 2. The lowest BCUT2D eigenvalue weighted by atomic mass is 9.95. The van der Waals surface area contributed by atoms with E-state index in [1.54, 1.807) is 0 Å². The summed E-state index contributed by atoms with van der Waals surface area (Å²) in [7, 11) is 0. The molecule has 0 amide bonds. The summed E-state index contributed by atoms with van der Waals surface area (Å²) in [5, 5.41) is 3.52. The molecule has 0 spiro atoms. The van der Waals surface area contributed by atoms with E-state index in [0.29, 0.717) is 12.1 Å². The van der Waals surface area contributed by atoms with Gasteiger partial charge in [-0.2, -0.15) is 0 Å². The molecule has 0 bridgehead atoms. The van der Waals surface area contributed by atoms with Gasteiger partial charge in [0, 0.05) is 12.1 Å². The quantitative estimate of drug-likeness (QED) is 0.738. The van der Waals surface area contributed by atoms with Gasteiger partial charge in [-0.25, -0.2) is 0 Å². The normalized spacial score (nSPS) is 27.5. The first kappa shape index (κ1) is 9.69. The number of benzene rings is 1. The Morgan fingerprint density at radius 3 is 2.79 bits per heavy atom. The summed E-state index contributed by atoms with van der Waals surface area (Å²) in [5.41, 5.74) is 7.34. The Kier molecular flexibility index (Phi) is 3.17. The van der Waals surface area contributed by atoms with Gasteiger partial charge < -0.3 is 11.1 Å². The molecule has 2 atom stereocenters. The van der Waals surface area contributed by atoms with E-state index in [9.17, 15) is 0 Å². The van der Waals surface area contributed by atoms with Crippen LogP contribution in [-0.4, -0.2) is 18.6 Å². The minimum atomic E-state index is 0.393. The molecule has 1 aromatic rings. The van der Waals surface area contributed by atoms with Crippen molar-refractivity contribution in [2.24, 2.45) is 5.73 Å². The summed E-state index contributed by atoms with van der Waals surface area (Å²) in [5.74, 6) is 0. The van der Waals surface area contributed by atoms with E-state index in [1.807, 2.05) is 0 Å². The van der Waals surface area contributed by atoms with Crippen LogP contribution in [0, 0.1) is 0 Å². The van der Waals surface area contributed by atoms with Gasteiger partial charge in [-0.15, -0.1) is 0 Å². The van der Waals surface area contributed by atoms with Crippen molar-refractivity contribution < 1.29 is 0 Å². The SMILES string of the molecule is N[C@@H]1CCN[C@H](Cc2ccccc2)C1. The molecule has 76 valence electrons. The van der Waals surface area contributed by atoms with Gasteiger partial charge in [0.1, 0.15) is 0 Å². The molecule has 0 unspecified atom stereocenters. The largest absolute Gasteiger partial charge is 0.328 e. The van der Waals surface area contributed by atoms with Crippen molar-refractivity contribution in [1.29, 1.82) is 0 Å². The van der Waals surface area contributed by atoms with Gasteiger partial charge in [-0.1, -0.05) is 30.3 Å². The van der Waals surface area contributed by atoms with Crippen molar-refractivity contribution in [1.82, 2.24) is 5.32 Å². The van der Waals surface area contributed by atoms with Gasteiger partial charge in [0.05, 0.1) is 0 Å². The van der Waals surface area contributed by atoms with Gasteiger partial charge in [0.2, 0.25) is 0 Å². The van der Waals surface area contributed by atoms with Crippen LogP contribution >= 0.6 is 0 Å². The zero-order valence-corrected chi connectivity index (χ0v) is 8.45. The van der Waals surface area contributed by atoms with E-state index >= 15 is 0 Å². The van der Waals surface area contributed by atoms with Crippen molar-refractivity contribution >= 4 is 0 Å². The predicted molar refractivity (Wildman–Crippen MR) is 59.1 cm³/mol. The molecule has 3 N–H and O–H groups in total. The summed E-state index contributed by atoms with van der Waals surface area (Å²) in [6.45, 7) is 1.07. The maximum Gasteiger partial charge on any atom is 0.0122 e. The number of rotatable bonds is 2. The van der Waals surface area contributed by atoms with E-state index in [1.165, 1.54) is 5.56 Å². The molecule has 2 heteroatoms. The lowest BCUT2D eigenvalue weighted by Gasteiger charge is -2.28. The zero-order valence-electron chi connectivity index (χ0n) is 8.45. The summed E-state index contributed by atoms with van der Waals surface area (Å²) in [6.07, 6.45) is 3.33. The van der Waals surface area contributed by atoms with Crippen molar-refractivity contribution in [3.8, 4) is 0 Å². The molecule has 0 aromatic heterocycles. The lowest BCUT2D eigenvalue weighted by Crippen LogP contribution is -2.44. The lowest BCUT2D eigenvalue weighted by molar-refractivity contribution is 0.360. The van der Waals surface area contributed by atoms with Crippen LogP contribution in [0.25, 0.3) is 0 Å².